The number of nitrogens with zero attached hydrogens (tertiary/aromatic N) is 2. The van der Waals surface area contributed by atoms with E-state index in [1.54, 1.807) is 22.9 Å². The SMILES string of the molecule is NC1CCCCC1Nc1nc(-c2cc3cc(F)ccn3c2)c2c(c1F)CNC2=O. The molecule has 1 aliphatic carbocycles. The summed E-state index contributed by atoms with van der Waals surface area (Å²) < 4.78 is 30.5. The molecule has 3 aromatic heterocycles. The molecule has 5 rings (SSSR count). The van der Waals surface area contributed by atoms with Gasteiger partial charge in [0.05, 0.1) is 11.3 Å². The smallest absolute Gasteiger partial charge is 0.254 e. The predicted octanol–water partition coefficient (Wildman–Crippen LogP) is 3.20. The maximum Gasteiger partial charge on any atom is 0.254 e. The summed E-state index contributed by atoms with van der Waals surface area (Å²) in [4.78, 5) is 16.9. The first-order valence-corrected chi connectivity index (χ1v) is 9.81. The molecule has 29 heavy (non-hydrogen) atoms. The zero-order valence-corrected chi connectivity index (χ0v) is 15.7. The van der Waals surface area contributed by atoms with Gasteiger partial charge >= 0.3 is 0 Å². The van der Waals surface area contributed by atoms with Crippen LogP contribution in [0.1, 0.15) is 41.6 Å². The molecule has 8 heteroatoms. The Labute approximate surface area is 166 Å². The standard InChI is InChI=1S/C21H21F2N5O/c22-12-5-6-28-10-11(7-13(28)8-12)19-17-14(9-25-21(17)29)18(23)20(27-19)26-16-4-2-1-3-15(16)24/h5-8,10,15-16H,1-4,9,24H2,(H,25,29)(H,26,27). The number of aromatic nitrogens is 2. The number of carbonyl (C=O) groups is 1. The number of nitrogens with one attached hydrogen (secondary N) is 2. The summed E-state index contributed by atoms with van der Waals surface area (Å²) in [7, 11) is 0. The molecule has 6 nitrogen and oxygen atoms in total. The highest BCUT2D eigenvalue weighted by molar-refractivity contribution is 6.04. The molecule has 1 fully saturated rings. The van der Waals surface area contributed by atoms with Gasteiger partial charge in [-0.15, -0.1) is 0 Å². The number of carbonyl (C=O) groups excluding carboxylic acids is 1. The van der Waals surface area contributed by atoms with Crippen molar-refractivity contribution in [1.29, 1.82) is 0 Å². The second-order valence-electron chi connectivity index (χ2n) is 7.76. The largest absolute Gasteiger partial charge is 0.363 e. The highest BCUT2D eigenvalue weighted by Gasteiger charge is 2.32. The molecule has 0 radical (unpaired) electrons. The first-order valence-electron chi connectivity index (χ1n) is 9.81. The number of fused-ring (bicyclic) bond motifs is 2. The lowest BCUT2D eigenvalue weighted by atomic mass is 9.91. The Kier molecular flexibility index (Phi) is 4.24. The van der Waals surface area contributed by atoms with Crippen molar-refractivity contribution in [1.82, 2.24) is 14.7 Å². The van der Waals surface area contributed by atoms with Crippen molar-refractivity contribution in [3.8, 4) is 11.3 Å². The van der Waals surface area contributed by atoms with E-state index in [0.29, 0.717) is 22.3 Å². The normalized spacial score (nSPS) is 21.3. The third-order valence-electron chi connectivity index (χ3n) is 5.86. The first-order chi connectivity index (χ1) is 14.0. The van der Waals surface area contributed by atoms with Crippen molar-refractivity contribution < 1.29 is 13.6 Å². The van der Waals surface area contributed by atoms with E-state index in [4.69, 9.17) is 5.73 Å². The Balaban J connectivity index is 1.63. The third-order valence-corrected chi connectivity index (χ3v) is 5.86. The average Bonchev–Trinajstić information content (AvgIpc) is 3.29. The Morgan fingerprint density at radius 1 is 1.24 bits per heavy atom. The van der Waals surface area contributed by atoms with E-state index in [1.165, 1.54) is 12.1 Å². The van der Waals surface area contributed by atoms with E-state index < -0.39 is 5.82 Å². The molecule has 1 saturated carbocycles. The topological polar surface area (TPSA) is 84.4 Å². The van der Waals surface area contributed by atoms with Gasteiger partial charge in [-0.2, -0.15) is 0 Å². The maximum atomic E-state index is 15.2. The Morgan fingerprint density at radius 3 is 2.90 bits per heavy atom. The molecule has 0 bridgehead atoms. The second kappa shape index (κ2) is 6.81. The maximum absolute atomic E-state index is 15.2. The minimum Gasteiger partial charge on any atom is -0.363 e. The number of anilines is 1. The summed E-state index contributed by atoms with van der Waals surface area (Å²) in [5.41, 5.74) is 8.37. The van der Waals surface area contributed by atoms with Crippen LogP contribution in [0, 0.1) is 11.6 Å². The summed E-state index contributed by atoms with van der Waals surface area (Å²) in [5.74, 6) is -1.12. The molecular formula is C21H21F2N5O. The molecule has 2 unspecified atom stereocenters. The molecule has 4 heterocycles. The number of halogens is 2. The van der Waals surface area contributed by atoms with Crippen LogP contribution < -0.4 is 16.4 Å². The number of pyridine rings is 2. The molecule has 1 amide bonds. The van der Waals surface area contributed by atoms with Gasteiger partial charge in [-0.25, -0.2) is 13.8 Å². The fourth-order valence-electron chi connectivity index (χ4n) is 4.31. The minimum absolute atomic E-state index is 0.0658. The number of hydrogen-bond acceptors (Lipinski definition) is 4. The van der Waals surface area contributed by atoms with E-state index in [0.717, 1.165) is 25.7 Å². The summed E-state index contributed by atoms with van der Waals surface area (Å²) in [6, 6.07) is 4.35. The summed E-state index contributed by atoms with van der Waals surface area (Å²) in [6.45, 7) is 0.114. The van der Waals surface area contributed by atoms with Crippen molar-refractivity contribution in [2.75, 3.05) is 5.32 Å². The summed E-state index contributed by atoms with van der Waals surface area (Å²) in [6.07, 6.45) is 7.18. The van der Waals surface area contributed by atoms with Crippen LogP contribution in [0.5, 0.6) is 0 Å². The van der Waals surface area contributed by atoms with Crippen molar-refractivity contribution in [3.63, 3.8) is 0 Å². The lowest BCUT2D eigenvalue weighted by Crippen LogP contribution is -2.43. The molecule has 2 aliphatic rings. The van der Waals surface area contributed by atoms with Gasteiger partial charge in [0.25, 0.3) is 5.91 Å². The van der Waals surface area contributed by atoms with Crippen molar-refractivity contribution in [3.05, 3.63) is 53.4 Å². The van der Waals surface area contributed by atoms with Gasteiger partial charge in [0.2, 0.25) is 0 Å². The van der Waals surface area contributed by atoms with Crippen LogP contribution in [0.4, 0.5) is 14.6 Å². The molecule has 3 aromatic rings. The molecule has 0 saturated heterocycles. The number of rotatable bonds is 3. The van der Waals surface area contributed by atoms with Gasteiger partial charge in [-0.1, -0.05) is 12.8 Å². The monoisotopic (exact) mass is 397 g/mol. The van der Waals surface area contributed by atoms with Crippen LogP contribution >= 0.6 is 0 Å². The zero-order chi connectivity index (χ0) is 20.1. The van der Waals surface area contributed by atoms with Crippen LogP contribution in [0.25, 0.3) is 16.8 Å². The van der Waals surface area contributed by atoms with Gasteiger partial charge in [0, 0.05) is 47.7 Å². The van der Waals surface area contributed by atoms with Crippen LogP contribution in [-0.4, -0.2) is 27.4 Å². The molecule has 0 aromatic carbocycles. The first kappa shape index (κ1) is 18.1. The molecule has 0 spiro atoms. The van der Waals surface area contributed by atoms with Crippen molar-refractivity contribution in [2.24, 2.45) is 5.73 Å². The fraction of sp³-hybridized carbons (Fsp3) is 0.333. The van der Waals surface area contributed by atoms with Gasteiger partial charge < -0.3 is 20.8 Å². The lowest BCUT2D eigenvalue weighted by Gasteiger charge is -2.30. The number of amides is 1. The lowest BCUT2D eigenvalue weighted by molar-refractivity contribution is 0.0966. The van der Waals surface area contributed by atoms with Gasteiger partial charge in [-0.3, -0.25) is 4.79 Å². The molecule has 150 valence electrons. The van der Waals surface area contributed by atoms with Crippen LogP contribution in [0.2, 0.25) is 0 Å². The third kappa shape index (κ3) is 3.04. The van der Waals surface area contributed by atoms with E-state index in [1.807, 2.05) is 0 Å². The quantitative estimate of drug-likeness (QED) is 0.634. The van der Waals surface area contributed by atoms with Gasteiger partial charge in [-0.05, 0) is 31.0 Å². The highest BCUT2D eigenvalue weighted by Crippen LogP contribution is 2.34. The van der Waals surface area contributed by atoms with Gasteiger partial charge in [0.1, 0.15) is 5.82 Å². The molecule has 1 aliphatic heterocycles. The van der Waals surface area contributed by atoms with E-state index in [2.05, 4.69) is 15.6 Å². The van der Waals surface area contributed by atoms with Crippen molar-refractivity contribution in [2.45, 2.75) is 44.3 Å². The molecular weight excluding hydrogens is 376 g/mol. The average molecular weight is 397 g/mol. The Bertz CT molecular complexity index is 1130. The van der Waals surface area contributed by atoms with Crippen LogP contribution in [0.15, 0.2) is 30.6 Å². The summed E-state index contributed by atoms with van der Waals surface area (Å²) >= 11 is 0. The zero-order valence-electron chi connectivity index (χ0n) is 15.7. The Hall–Kier alpha value is -3.00. The molecule has 4 N–H and O–H groups in total. The highest BCUT2D eigenvalue weighted by atomic mass is 19.1. The van der Waals surface area contributed by atoms with Crippen molar-refractivity contribution >= 4 is 17.2 Å². The Morgan fingerprint density at radius 2 is 2.07 bits per heavy atom. The number of hydrogen-bond donors (Lipinski definition) is 3. The predicted molar refractivity (Wildman–Crippen MR) is 106 cm³/mol. The fourth-order valence-corrected chi connectivity index (χ4v) is 4.31. The van der Waals surface area contributed by atoms with E-state index >= 15 is 4.39 Å². The summed E-state index contributed by atoms with van der Waals surface area (Å²) in [5, 5.41) is 5.86. The van der Waals surface area contributed by atoms with Gasteiger partial charge in [0.15, 0.2) is 11.6 Å². The van der Waals surface area contributed by atoms with Crippen LogP contribution in [-0.2, 0) is 6.54 Å². The second-order valence-corrected chi connectivity index (χ2v) is 7.76. The molecule has 2 atom stereocenters. The number of nitrogens with two attached hydrogens (primary N) is 1. The minimum atomic E-state index is -0.519. The van der Waals surface area contributed by atoms with E-state index in [-0.39, 0.29) is 41.7 Å². The van der Waals surface area contributed by atoms with E-state index in [9.17, 15) is 9.18 Å². The van der Waals surface area contributed by atoms with Crippen LogP contribution in [0.3, 0.4) is 0 Å².